The Kier molecular flexibility index (Phi) is 2.65. The van der Waals surface area contributed by atoms with Crippen LogP contribution in [0.2, 0.25) is 0 Å². The number of hydrogen-bond donors (Lipinski definition) is 1. The predicted octanol–water partition coefficient (Wildman–Crippen LogP) is -0.270. The fraction of sp³-hybridized carbons (Fsp3) is 0.714. The van der Waals surface area contributed by atoms with Gasteiger partial charge in [0.15, 0.2) is 0 Å². The number of rotatable bonds is 3. The summed E-state index contributed by atoms with van der Waals surface area (Å²) >= 11 is 0. The molecule has 68 valence electrons. The smallest absolute Gasteiger partial charge is 0.244 e. The Hall–Kier alpha value is -1.10. The van der Waals surface area contributed by atoms with Crippen molar-refractivity contribution < 1.29 is 0 Å². The molecule has 1 aromatic heterocycles. The number of nitrogens with two attached hydrogens (primary N) is 1. The van der Waals surface area contributed by atoms with Crippen LogP contribution in [0.15, 0.2) is 0 Å². The predicted molar refractivity (Wildman–Crippen MR) is 47.8 cm³/mol. The van der Waals surface area contributed by atoms with Crippen LogP contribution in [0, 0.1) is 0 Å². The van der Waals surface area contributed by atoms with Crippen LogP contribution in [0.1, 0.15) is 12.7 Å². The molecule has 0 aliphatic rings. The van der Waals surface area contributed by atoms with Gasteiger partial charge in [-0.25, -0.2) is 4.68 Å². The van der Waals surface area contributed by atoms with E-state index in [1.807, 2.05) is 19.0 Å². The van der Waals surface area contributed by atoms with E-state index in [4.69, 9.17) is 5.73 Å². The van der Waals surface area contributed by atoms with E-state index in [0.29, 0.717) is 6.54 Å². The molecule has 0 atom stereocenters. The lowest BCUT2D eigenvalue weighted by Crippen LogP contribution is -2.17. The van der Waals surface area contributed by atoms with E-state index in [0.717, 1.165) is 18.3 Å². The molecule has 0 aliphatic heterocycles. The molecule has 0 aliphatic carbocycles. The number of nitrogens with zero attached hydrogens (tertiary/aromatic N) is 4. The van der Waals surface area contributed by atoms with Crippen molar-refractivity contribution in [3.63, 3.8) is 0 Å². The molecule has 12 heavy (non-hydrogen) atoms. The van der Waals surface area contributed by atoms with E-state index in [1.165, 1.54) is 0 Å². The lowest BCUT2D eigenvalue weighted by Gasteiger charge is -2.09. The minimum absolute atomic E-state index is 0.432. The van der Waals surface area contributed by atoms with Crippen LogP contribution in [0.3, 0.4) is 0 Å². The lowest BCUT2D eigenvalue weighted by atomic mass is 10.6. The summed E-state index contributed by atoms with van der Waals surface area (Å²) in [5, 5.41) is 4.20. The third-order valence-electron chi connectivity index (χ3n) is 1.84. The molecule has 0 spiro atoms. The van der Waals surface area contributed by atoms with E-state index in [1.54, 1.807) is 4.68 Å². The first-order valence-corrected chi connectivity index (χ1v) is 4.00. The Morgan fingerprint density at radius 3 is 2.67 bits per heavy atom. The summed E-state index contributed by atoms with van der Waals surface area (Å²) in [7, 11) is 3.80. The van der Waals surface area contributed by atoms with Crippen LogP contribution >= 0.6 is 0 Å². The van der Waals surface area contributed by atoms with E-state index >= 15 is 0 Å². The third-order valence-corrected chi connectivity index (χ3v) is 1.84. The fourth-order valence-corrected chi connectivity index (χ4v) is 0.883. The quantitative estimate of drug-likeness (QED) is 0.676. The second kappa shape index (κ2) is 3.53. The third kappa shape index (κ3) is 1.55. The molecule has 0 aromatic carbocycles. The van der Waals surface area contributed by atoms with Crippen molar-refractivity contribution in [3.05, 3.63) is 5.82 Å². The second-order valence-electron chi connectivity index (χ2n) is 2.67. The van der Waals surface area contributed by atoms with Crippen molar-refractivity contribution in [2.45, 2.75) is 13.5 Å². The topological polar surface area (TPSA) is 60.0 Å². The van der Waals surface area contributed by atoms with Crippen molar-refractivity contribution >= 4 is 5.95 Å². The van der Waals surface area contributed by atoms with Gasteiger partial charge in [0.05, 0.1) is 6.54 Å². The molecule has 1 aromatic rings. The molecule has 0 saturated carbocycles. The summed E-state index contributed by atoms with van der Waals surface area (Å²) in [5.74, 6) is 1.55. The van der Waals surface area contributed by atoms with E-state index < -0.39 is 0 Å². The standard InChI is InChI=1S/C7H15N5/c1-4-11(2)7-9-6(5-8)12(3)10-7/h4-5,8H2,1-3H3. The van der Waals surface area contributed by atoms with Crippen molar-refractivity contribution in [2.24, 2.45) is 12.8 Å². The van der Waals surface area contributed by atoms with Crippen molar-refractivity contribution in [1.82, 2.24) is 14.8 Å². The van der Waals surface area contributed by atoms with E-state index in [9.17, 15) is 0 Å². The maximum Gasteiger partial charge on any atom is 0.244 e. The summed E-state index contributed by atoms with van der Waals surface area (Å²) < 4.78 is 1.71. The van der Waals surface area contributed by atoms with Gasteiger partial charge in [-0.2, -0.15) is 4.98 Å². The van der Waals surface area contributed by atoms with Gasteiger partial charge in [0.25, 0.3) is 0 Å². The molecule has 5 nitrogen and oxygen atoms in total. The molecular weight excluding hydrogens is 154 g/mol. The normalized spacial score (nSPS) is 10.3. The zero-order chi connectivity index (χ0) is 9.14. The van der Waals surface area contributed by atoms with E-state index in [2.05, 4.69) is 17.0 Å². The minimum Gasteiger partial charge on any atom is -0.343 e. The largest absolute Gasteiger partial charge is 0.343 e. The minimum atomic E-state index is 0.432. The molecule has 2 N–H and O–H groups in total. The highest BCUT2D eigenvalue weighted by Gasteiger charge is 2.07. The first-order chi connectivity index (χ1) is 5.69. The Bertz CT molecular complexity index is 254. The van der Waals surface area contributed by atoms with Crippen LogP contribution in [-0.2, 0) is 13.6 Å². The molecule has 0 saturated heterocycles. The molecule has 1 heterocycles. The Balaban J connectivity index is 2.88. The van der Waals surface area contributed by atoms with Gasteiger partial charge in [-0.15, -0.1) is 5.10 Å². The maximum absolute atomic E-state index is 5.46. The first-order valence-electron chi connectivity index (χ1n) is 4.00. The van der Waals surface area contributed by atoms with Gasteiger partial charge >= 0.3 is 0 Å². The summed E-state index contributed by atoms with van der Waals surface area (Å²) in [4.78, 5) is 6.22. The van der Waals surface area contributed by atoms with Gasteiger partial charge in [-0.3, -0.25) is 0 Å². The molecule has 0 bridgehead atoms. The first kappa shape index (κ1) is 8.99. The summed E-state index contributed by atoms with van der Waals surface area (Å²) in [6, 6.07) is 0. The van der Waals surface area contributed by atoms with Crippen LogP contribution in [0.25, 0.3) is 0 Å². The highest BCUT2D eigenvalue weighted by atomic mass is 15.4. The molecule has 0 fully saturated rings. The molecule has 5 heteroatoms. The summed E-state index contributed by atoms with van der Waals surface area (Å²) in [5.41, 5.74) is 5.46. The van der Waals surface area contributed by atoms with Crippen molar-refractivity contribution in [2.75, 3.05) is 18.5 Å². The zero-order valence-corrected chi connectivity index (χ0v) is 7.78. The molecule has 1 rings (SSSR count). The van der Waals surface area contributed by atoms with Gasteiger partial charge in [-0.1, -0.05) is 0 Å². The second-order valence-corrected chi connectivity index (χ2v) is 2.67. The monoisotopic (exact) mass is 169 g/mol. The number of anilines is 1. The number of aryl methyl sites for hydroxylation is 1. The van der Waals surface area contributed by atoms with Gasteiger partial charge in [0.2, 0.25) is 5.95 Å². The highest BCUT2D eigenvalue weighted by molar-refractivity contribution is 5.26. The average molecular weight is 169 g/mol. The molecule has 0 radical (unpaired) electrons. The molecular formula is C7H15N5. The summed E-state index contributed by atoms with van der Waals surface area (Å²) in [6.07, 6.45) is 0. The zero-order valence-electron chi connectivity index (χ0n) is 7.78. The van der Waals surface area contributed by atoms with Gasteiger partial charge in [0.1, 0.15) is 5.82 Å². The maximum atomic E-state index is 5.46. The van der Waals surface area contributed by atoms with Crippen LogP contribution in [-0.4, -0.2) is 28.4 Å². The van der Waals surface area contributed by atoms with Crippen LogP contribution in [0.5, 0.6) is 0 Å². The van der Waals surface area contributed by atoms with E-state index in [-0.39, 0.29) is 0 Å². The van der Waals surface area contributed by atoms with Crippen molar-refractivity contribution in [1.29, 1.82) is 0 Å². The van der Waals surface area contributed by atoms with Crippen molar-refractivity contribution in [3.8, 4) is 0 Å². The average Bonchev–Trinajstić information content (AvgIpc) is 2.45. The molecule has 0 amide bonds. The lowest BCUT2D eigenvalue weighted by molar-refractivity contribution is 0.700. The van der Waals surface area contributed by atoms with Crippen LogP contribution < -0.4 is 10.6 Å². The van der Waals surface area contributed by atoms with Crippen LogP contribution in [0.4, 0.5) is 5.95 Å². The summed E-state index contributed by atoms with van der Waals surface area (Å²) in [6.45, 7) is 3.38. The van der Waals surface area contributed by atoms with Gasteiger partial charge in [-0.05, 0) is 6.92 Å². The number of hydrogen-bond acceptors (Lipinski definition) is 4. The number of aromatic nitrogens is 3. The molecule has 0 unspecified atom stereocenters. The van der Waals surface area contributed by atoms with Gasteiger partial charge < -0.3 is 10.6 Å². The highest BCUT2D eigenvalue weighted by Crippen LogP contribution is 2.05. The fourth-order valence-electron chi connectivity index (χ4n) is 0.883. The van der Waals surface area contributed by atoms with Gasteiger partial charge in [0, 0.05) is 20.6 Å². The Morgan fingerprint density at radius 2 is 2.25 bits per heavy atom. The SMILES string of the molecule is CCN(C)c1nc(CN)n(C)n1. The Morgan fingerprint density at radius 1 is 1.58 bits per heavy atom. The Labute approximate surface area is 72.2 Å².